The number of amides is 1. The van der Waals surface area contributed by atoms with Crippen LogP contribution in [0.4, 0.5) is 22.0 Å². The topological polar surface area (TPSA) is 64.6 Å². The summed E-state index contributed by atoms with van der Waals surface area (Å²) in [7, 11) is 1.21. The molecule has 1 aromatic carbocycles. The van der Waals surface area contributed by atoms with E-state index in [0.29, 0.717) is 19.0 Å². The Balaban J connectivity index is 2.14. The second kappa shape index (κ2) is 9.33. The first-order valence-electron chi connectivity index (χ1n) is 9.36. The molecule has 32 heavy (non-hydrogen) atoms. The molecule has 2 heterocycles. The predicted octanol–water partition coefficient (Wildman–Crippen LogP) is 4.46. The highest BCUT2D eigenvalue weighted by atomic mass is 19.4. The number of rotatable bonds is 6. The Morgan fingerprint density at radius 2 is 2.06 bits per heavy atom. The fourth-order valence-corrected chi connectivity index (χ4v) is 3.28. The third-order valence-electron chi connectivity index (χ3n) is 4.76. The van der Waals surface area contributed by atoms with E-state index in [0.717, 1.165) is 24.3 Å². The highest BCUT2D eigenvalue weighted by molar-refractivity contribution is 5.88. The Labute approximate surface area is 179 Å². The molecular formula is C21H18F5N3O3. The molecule has 0 N–H and O–H groups in total. The molecule has 0 aliphatic carbocycles. The van der Waals surface area contributed by atoms with Gasteiger partial charge >= 0.3 is 12.2 Å². The number of carbonyl (C=O) groups excluding carboxylic acids is 1. The first-order chi connectivity index (χ1) is 15.2. The lowest BCUT2D eigenvalue weighted by molar-refractivity contribution is -0.137. The van der Waals surface area contributed by atoms with Crippen LogP contribution in [0.5, 0.6) is 11.9 Å². The number of hydrogen-bond donors (Lipinski definition) is 0. The summed E-state index contributed by atoms with van der Waals surface area (Å²) < 4.78 is 79.1. The number of hydrogen-bond acceptors (Lipinski definition) is 5. The molecule has 1 atom stereocenters. The minimum absolute atomic E-state index is 0.0991. The van der Waals surface area contributed by atoms with Crippen molar-refractivity contribution in [2.75, 3.05) is 20.2 Å². The Bertz CT molecular complexity index is 1100. The summed E-state index contributed by atoms with van der Waals surface area (Å²) in [6.45, 7) is 3.92. The molecule has 0 radical (unpaired) electrons. The summed E-state index contributed by atoms with van der Waals surface area (Å²) in [6.07, 6.45) is -1.35. The van der Waals surface area contributed by atoms with Crippen LogP contribution in [0.2, 0.25) is 0 Å². The van der Waals surface area contributed by atoms with E-state index in [2.05, 4.69) is 16.5 Å². The Morgan fingerprint density at radius 3 is 2.69 bits per heavy atom. The third kappa shape index (κ3) is 4.71. The molecule has 1 unspecified atom stereocenters. The van der Waals surface area contributed by atoms with Crippen molar-refractivity contribution in [3.8, 4) is 11.9 Å². The maximum atomic E-state index is 15.2. The average Bonchev–Trinajstić information content (AvgIpc) is 3.22. The van der Waals surface area contributed by atoms with Crippen molar-refractivity contribution in [3.05, 3.63) is 54.1 Å². The van der Waals surface area contributed by atoms with Crippen LogP contribution >= 0.6 is 0 Å². The highest BCUT2D eigenvalue weighted by Crippen LogP contribution is 2.39. The van der Waals surface area contributed by atoms with Crippen molar-refractivity contribution >= 4 is 22.9 Å². The van der Waals surface area contributed by atoms with Gasteiger partial charge in [-0.15, -0.1) is 0 Å². The number of aromatic nitrogens is 2. The van der Waals surface area contributed by atoms with Gasteiger partial charge in [0.15, 0.2) is 5.82 Å². The fraction of sp³-hybridized carbons (Fsp3) is 0.286. The molecule has 1 saturated heterocycles. The largest absolute Gasteiger partial charge is 0.472 e. The zero-order valence-corrected chi connectivity index (χ0v) is 16.8. The minimum Gasteiger partial charge on any atom is -0.472 e. The van der Waals surface area contributed by atoms with E-state index in [-0.39, 0.29) is 36.1 Å². The van der Waals surface area contributed by atoms with Gasteiger partial charge in [0.05, 0.1) is 30.9 Å². The highest BCUT2D eigenvalue weighted by Gasteiger charge is 2.36. The van der Waals surface area contributed by atoms with Gasteiger partial charge in [-0.2, -0.15) is 23.1 Å². The van der Waals surface area contributed by atoms with Crippen molar-refractivity contribution in [1.29, 1.82) is 0 Å². The van der Waals surface area contributed by atoms with Gasteiger partial charge < -0.3 is 14.4 Å². The Morgan fingerprint density at radius 1 is 1.31 bits per heavy atom. The maximum Gasteiger partial charge on any atom is 0.417 e. The molecule has 0 saturated carbocycles. The van der Waals surface area contributed by atoms with Crippen LogP contribution in [0.25, 0.3) is 17.0 Å². The second-order valence-corrected chi connectivity index (χ2v) is 6.76. The summed E-state index contributed by atoms with van der Waals surface area (Å²) in [5, 5.41) is -0.317. The van der Waals surface area contributed by atoms with Crippen molar-refractivity contribution < 1.29 is 36.2 Å². The van der Waals surface area contributed by atoms with Crippen LogP contribution in [-0.2, 0) is 11.0 Å². The smallest absolute Gasteiger partial charge is 0.417 e. The monoisotopic (exact) mass is 455 g/mol. The first-order valence-corrected chi connectivity index (χ1v) is 9.36. The number of methoxy groups -OCH3 is 1. The summed E-state index contributed by atoms with van der Waals surface area (Å²) in [5.41, 5.74) is -2.58. The quantitative estimate of drug-likeness (QED) is 0.366. The Kier molecular flexibility index (Phi) is 6.75. The molecule has 11 heteroatoms. The molecule has 3 rings (SSSR count). The number of allylic oxidation sites excluding steroid dienone is 2. The van der Waals surface area contributed by atoms with Gasteiger partial charge in [0.25, 0.3) is 0 Å². The minimum atomic E-state index is -4.92. The molecule has 1 amide bonds. The van der Waals surface area contributed by atoms with Crippen molar-refractivity contribution in [2.24, 2.45) is 0 Å². The predicted molar refractivity (Wildman–Crippen MR) is 106 cm³/mol. The van der Waals surface area contributed by atoms with Crippen LogP contribution in [0.1, 0.15) is 17.5 Å². The fourth-order valence-electron chi connectivity index (χ4n) is 3.28. The molecule has 1 aliphatic rings. The van der Waals surface area contributed by atoms with Gasteiger partial charge in [-0.1, -0.05) is 18.7 Å². The van der Waals surface area contributed by atoms with Crippen LogP contribution in [-0.4, -0.2) is 47.1 Å². The molecule has 1 aromatic heterocycles. The number of halogens is 5. The van der Waals surface area contributed by atoms with Gasteiger partial charge in [0.2, 0.25) is 11.8 Å². The van der Waals surface area contributed by atoms with Gasteiger partial charge in [-0.05, 0) is 18.2 Å². The second-order valence-electron chi connectivity index (χ2n) is 6.76. The van der Waals surface area contributed by atoms with E-state index < -0.39 is 34.7 Å². The number of likely N-dealkylation sites (tertiary alicyclic amines) is 1. The van der Waals surface area contributed by atoms with Crippen LogP contribution in [0, 0.1) is 5.82 Å². The summed E-state index contributed by atoms with van der Waals surface area (Å²) in [5.74, 6) is -1.92. The maximum absolute atomic E-state index is 15.2. The van der Waals surface area contributed by atoms with Crippen LogP contribution in [0.15, 0.2) is 37.2 Å². The Hall–Kier alpha value is -3.50. The van der Waals surface area contributed by atoms with Gasteiger partial charge in [-0.25, -0.2) is 8.78 Å². The van der Waals surface area contributed by atoms with E-state index in [1.165, 1.54) is 12.0 Å². The molecule has 0 bridgehead atoms. The standard InChI is InChI=1S/C21H18F5N3O3/c1-3-16(30)29-9-7-12(11-29)32-19-14-10-15(21(24,25)26)13(6-4-5-8-22)17(23)18(14)27-20(28-19)31-2/h3-6,8,10,12H,1,7,9,11H2,2H3/b6-4+,8-5+. The van der Waals surface area contributed by atoms with Crippen LogP contribution in [0.3, 0.4) is 0 Å². The average molecular weight is 455 g/mol. The van der Waals surface area contributed by atoms with Crippen molar-refractivity contribution in [3.63, 3.8) is 0 Å². The molecule has 1 fully saturated rings. The number of fused-ring (bicyclic) bond motifs is 1. The molecule has 2 aromatic rings. The van der Waals surface area contributed by atoms with Gasteiger partial charge in [0, 0.05) is 18.5 Å². The van der Waals surface area contributed by atoms with Crippen LogP contribution < -0.4 is 9.47 Å². The van der Waals surface area contributed by atoms with Crippen molar-refractivity contribution in [2.45, 2.75) is 18.7 Å². The lowest BCUT2D eigenvalue weighted by atomic mass is 10.0. The SMILES string of the molecule is C=CC(=O)N1CCC(Oc2nc(OC)nc3c(F)c(/C=C/C=C/F)c(C(F)(F)F)cc23)C1. The zero-order valence-electron chi connectivity index (χ0n) is 16.8. The molecule has 1 aliphatic heterocycles. The van der Waals surface area contributed by atoms with E-state index in [1.807, 2.05) is 0 Å². The molecule has 6 nitrogen and oxygen atoms in total. The first kappa shape index (κ1) is 23.2. The van der Waals surface area contributed by atoms with Gasteiger partial charge in [-0.3, -0.25) is 4.79 Å². The summed E-state index contributed by atoms with van der Waals surface area (Å²) >= 11 is 0. The van der Waals surface area contributed by atoms with E-state index in [4.69, 9.17) is 9.47 Å². The lowest BCUT2D eigenvalue weighted by Gasteiger charge is -2.18. The number of benzene rings is 1. The van der Waals surface area contributed by atoms with E-state index in [9.17, 15) is 22.4 Å². The summed E-state index contributed by atoms with van der Waals surface area (Å²) in [4.78, 5) is 21.0. The lowest BCUT2D eigenvalue weighted by Crippen LogP contribution is -2.29. The molecule has 170 valence electrons. The normalized spacial score (nSPS) is 16.9. The zero-order chi connectivity index (χ0) is 23.5. The van der Waals surface area contributed by atoms with Gasteiger partial charge in [0.1, 0.15) is 11.6 Å². The molecule has 0 spiro atoms. The number of nitrogens with zero attached hydrogens (tertiary/aromatic N) is 3. The van der Waals surface area contributed by atoms with E-state index in [1.54, 1.807) is 0 Å². The number of carbonyl (C=O) groups is 1. The number of alkyl halides is 3. The third-order valence-corrected chi connectivity index (χ3v) is 4.76. The van der Waals surface area contributed by atoms with Crippen molar-refractivity contribution in [1.82, 2.24) is 14.9 Å². The number of ether oxygens (including phenoxy) is 2. The molecular weight excluding hydrogens is 437 g/mol. The summed E-state index contributed by atoms with van der Waals surface area (Å²) in [6, 6.07) is 0.356. The van der Waals surface area contributed by atoms with E-state index >= 15 is 4.39 Å².